The van der Waals surface area contributed by atoms with Crippen molar-refractivity contribution in [3.05, 3.63) is 54.1 Å². The largest absolute Gasteiger partial charge is 0.573 e. The summed E-state index contributed by atoms with van der Waals surface area (Å²) in [4.78, 5) is 7.76. The molecule has 0 aliphatic heterocycles. The van der Waals surface area contributed by atoms with E-state index >= 15 is 0 Å². The smallest absolute Gasteiger partial charge is 0.406 e. The molecule has 0 fully saturated rings. The fourth-order valence-electron chi connectivity index (χ4n) is 2.33. The minimum atomic E-state index is -4.70. The Kier molecular flexibility index (Phi) is 4.89. The van der Waals surface area contributed by atoms with Crippen LogP contribution in [0.3, 0.4) is 0 Å². The molecule has 1 unspecified atom stereocenters. The topological polar surface area (TPSA) is 55.2 Å². The number of aliphatic hydroxyl groups is 1. The van der Waals surface area contributed by atoms with Crippen molar-refractivity contribution in [3.8, 4) is 5.75 Å². The number of nitrogens with zero attached hydrogens (tertiary/aromatic N) is 2. The van der Waals surface area contributed by atoms with Crippen LogP contribution >= 0.6 is 0 Å². The van der Waals surface area contributed by atoms with E-state index in [1.54, 1.807) is 24.5 Å². The molecule has 0 bridgehead atoms. The van der Waals surface area contributed by atoms with Crippen molar-refractivity contribution >= 4 is 0 Å². The van der Waals surface area contributed by atoms with E-state index in [1.165, 1.54) is 18.5 Å². The molecule has 1 atom stereocenters. The van der Waals surface area contributed by atoms with E-state index < -0.39 is 17.9 Å². The lowest BCUT2D eigenvalue weighted by atomic mass is 9.78. The van der Waals surface area contributed by atoms with Crippen LogP contribution in [0.4, 0.5) is 13.2 Å². The molecule has 0 saturated heterocycles. The molecule has 0 spiro atoms. The SMILES string of the molecule is CC(C)(Cc1ccc(OC(F)(F)F)cc1)C(O)c1cncnc1. The predicted octanol–water partition coefficient (Wildman–Crippen LogP) is 3.68. The Hall–Kier alpha value is -2.15. The maximum Gasteiger partial charge on any atom is 0.573 e. The summed E-state index contributed by atoms with van der Waals surface area (Å²) in [5.74, 6) is -0.268. The van der Waals surface area contributed by atoms with E-state index in [-0.39, 0.29) is 5.75 Å². The van der Waals surface area contributed by atoms with Crippen molar-refractivity contribution in [2.24, 2.45) is 5.41 Å². The molecule has 0 aliphatic carbocycles. The van der Waals surface area contributed by atoms with Crippen LogP contribution in [0, 0.1) is 5.41 Å². The fraction of sp³-hybridized carbons (Fsp3) is 0.375. The van der Waals surface area contributed by atoms with Gasteiger partial charge in [0.2, 0.25) is 0 Å². The van der Waals surface area contributed by atoms with Gasteiger partial charge < -0.3 is 9.84 Å². The highest BCUT2D eigenvalue weighted by Gasteiger charge is 2.32. The summed E-state index contributed by atoms with van der Waals surface area (Å²) >= 11 is 0. The van der Waals surface area contributed by atoms with Crippen molar-refractivity contribution in [3.63, 3.8) is 0 Å². The lowest BCUT2D eigenvalue weighted by Crippen LogP contribution is -2.25. The Morgan fingerprint density at radius 2 is 1.65 bits per heavy atom. The average molecular weight is 326 g/mol. The molecule has 0 aliphatic rings. The van der Waals surface area contributed by atoms with Gasteiger partial charge in [0.05, 0.1) is 6.10 Å². The standard InChI is InChI=1S/C16H17F3N2O2/c1-15(2,14(22)12-8-20-10-21-9-12)7-11-3-5-13(6-4-11)23-16(17,18)19/h3-6,8-10,14,22H,7H2,1-2H3. The van der Waals surface area contributed by atoms with Crippen LogP contribution < -0.4 is 4.74 Å². The Balaban J connectivity index is 2.08. The zero-order chi connectivity index (χ0) is 17.1. The van der Waals surface area contributed by atoms with Crippen LogP contribution in [0.1, 0.15) is 31.1 Å². The molecular formula is C16H17F3N2O2. The maximum absolute atomic E-state index is 12.1. The number of ether oxygens (including phenoxy) is 1. The van der Waals surface area contributed by atoms with Crippen molar-refractivity contribution in [1.29, 1.82) is 0 Å². The van der Waals surface area contributed by atoms with E-state index in [9.17, 15) is 18.3 Å². The Labute approximate surface area is 132 Å². The molecule has 1 N–H and O–H groups in total. The van der Waals surface area contributed by atoms with Gasteiger partial charge in [0.25, 0.3) is 0 Å². The monoisotopic (exact) mass is 326 g/mol. The molecule has 7 heteroatoms. The van der Waals surface area contributed by atoms with Gasteiger partial charge in [-0.1, -0.05) is 26.0 Å². The lowest BCUT2D eigenvalue weighted by molar-refractivity contribution is -0.274. The summed E-state index contributed by atoms with van der Waals surface area (Å²) in [6.07, 6.45) is -0.573. The number of benzene rings is 1. The number of halogens is 3. The van der Waals surface area contributed by atoms with Crippen molar-refractivity contribution in [2.45, 2.75) is 32.7 Å². The van der Waals surface area contributed by atoms with Gasteiger partial charge in [-0.05, 0) is 29.5 Å². The highest BCUT2D eigenvalue weighted by atomic mass is 19.4. The molecule has 1 heterocycles. The summed E-state index contributed by atoms with van der Waals surface area (Å²) in [6.45, 7) is 3.73. The van der Waals surface area contributed by atoms with Gasteiger partial charge >= 0.3 is 6.36 Å². The van der Waals surface area contributed by atoms with Crippen LogP contribution in [0.5, 0.6) is 5.75 Å². The van der Waals surface area contributed by atoms with E-state index in [2.05, 4.69) is 14.7 Å². The van der Waals surface area contributed by atoms with Crippen LogP contribution in [-0.4, -0.2) is 21.4 Å². The first-order chi connectivity index (χ1) is 10.7. The fourth-order valence-corrected chi connectivity index (χ4v) is 2.33. The van der Waals surface area contributed by atoms with Gasteiger partial charge in [-0.3, -0.25) is 0 Å². The maximum atomic E-state index is 12.1. The van der Waals surface area contributed by atoms with Crippen molar-refractivity contribution < 1.29 is 23.0 Å². The Morgan fingerprint density at radius 3 is 2.17 bits per heavy atom. The van der Waals surface area contributed by atoms with Crippen LogP contribution in [0.2, 0.25) is 0 Å². The molecular weight excluding hydrogens is 309 g/mol. The van der Waals surface area contributed by atoms with Crippen molar-refractivity contribution in [1.82, 2.24) is 9.97 Å². The predicted molar refractivity (Wildman–Crippen MR) is 77.6 cm³/mol. The molecule has 2 rings (SSSR count). The summed E-state index contributed by atoms with van der Waals surface area (Å²) in [5, 5.41) is 10.5. The second kappa shape index (κ2) is 6.54. The Morgan fingerprint density at radius 1 is 1.09 bits per heavy atom. The van der Waals surface area contributed by atoms with Gasteiger partial charge in [-0.2, -0.15) is 0 Å². The minimum Gasteiger partial charge on any atom is -0.406 e. The average Bonchev–Trinajstić information content (AvgIpc) is 2.48. The third kappa shape index (κ3) is 4.92. The molecule has 124 valence electrons. The number of rotatable bonds is 5. The van der Waals surface area contributed by atoms with Gasteiger partial charge in [-0.25, -0.2) is 9.97 Å². The first kappa shape index (κ1) is 17.2. The third-order valence-corrected chi connectivity index (χ3v) is 3.45. The number of alkyl halides is 3. The summed E-state index contributed by atoms with van der Waals surface area (Å²) < 4.78 is 40.3. The van der Waals surface area contributed by atoms with Crippen LogP contribution in [-0.2, 0) is 6.42 Å². The summed E-state index contributed by atoms with van der Waals surface area (Å²) in [5.41, 5.74) is 0.840. The highest BCUT2D eigenvalue weighted by molar-refractivity contribution is 5.28. The number of hydrogen-bond acceptors (Lipinski definition) is 4. The minimum absolute atomic E-state index is 0.268. The second-order valence-electron chi connectivity index (χ2n) is 5.93. The second-order valence-corrected chi connectivity index (χ2v) is 5.93. The van der Waals surface area contributed by atoms with E-state index in [4.69, 9.17) is 0 Å². The van der Waals surface area contributed by atoms with Gasteiger partial charge in [0.1, 0.15) is 12.1 Å². The molecule has 0 amide bonds. The molecule has 1 aromatic heterocycles. The molecule has 0 radical (unpaired) electrons. The molecule has 4 nitrogen and oxygen atoms in total. The van der Waals surface area contributed by atoms with Gasteiger partial charge in [0.15, 0.2) is 0 Å². The highest BCUT2D eigenvalue weighted by Crippen LogP contribution is 2.36. The van der Waals surface area contributed by atoms with Crippen LogP contribution in [0.15, 0.2) is 43.0 Å². The lowest BCUT2D eigenvalue weighted by Gasteiger charge is -2.30. The van der Waals surface area contributed by atoms with E-state index in [1.807, 2.05) is 13.8 Å². The first-order valence-electron chi connectivity index (χ1n) is 6.95. The number of aliphatic hydroxyl groups excluding tert-OH is 1. The van der Waals surface area contributed by atoms with E-state index in [0.29, 0.717) is 12.0 Å². The normalized spacial score (nSPS) is 13.7. The molecule has 0 saturated carbocycles. The first-order valence-corrected chi connectivity index (χ1v) is 6.95. The zero-order valence-corrected chi connectivity index (χ0v) is 12.7. The molecule has 23 heavy (non-hydrogen) atoms. The summed E-state index contributed by atoms with van der Waals surface area (Å²) in [6, 6.07) is 5.63. The summed E-state index contributed by atoms with van der Waals surface area (Å²) in [7, 11) is 0. The van der Waals surface area contributed by atoms with Crippen molar-refractivity contribution in [2.75, 3.05) is 0 Å². The van der Waals surface area contributed by atoms with Gasteiger partial charge in [-0.15, -0.1) is 13.2 Å². The van der Waals surface area contributed by atoms with E-state index in [0.717, 1.165) is 5.56 Å². The zero-order valence-electron chi connectivity index (χ0n) is 12.7. The Bertz CT molecular complexity index is 628. The van der Waals surface area contributed by atoms with Crippen LogP contribution in [0.25, 0.3) is 0 Å². The van der Waals surface area contributed by atoms with Gasteiger partial charge in [0, 0.05) is 18.0 Å². The quantitative estimate of drug-likeness (QED) is 0.911. The number of aromatic nitrogens is 2. The third-order valence-electron chi connectivity index (χ3n) is 3.45. The number of hydrogen-bond donors (Lipinski definition) is 1. The molecule has 2 aromatic rings. The molecule has 1 aromatic carbocycles.